The zero-order valence-electron chi connectivity index (χ0n) is 12.8. The Morgan fingerprint density at radius 2 is 2.09 bits per heavy atom. The molecule has 0 fully saturated rings. The molecule has 3 rings (SSSR count). The molecule has 23 heavy (non-hydrogen) atoms. The van der Waals surface area contributed by atoms with Gasteiger partial charge < -0.3 is 10.3 Å². The minimum Gasteiger partial charge on any atom is -0.333 e. The van der Waals surface area contributed by atoms with Crippen LogP contribution in [-0.2, 0) is 4.79 Å². The van der Waals surface area contributed by atoms with Crippen LogP contribution in [0.1, 0.15) is 10.6 Å². The number of hydrogen-bond acceptors (Lipinski definition) is 5. The van der Waals surface area contributed by atoms with Crippen molar-refractivity contribution in [3.8, 4) is 11.3 Å². The quantitative estimate of drug-likeness (QED) is 0.689. The van der Waals surface area contributed by atoms with Crippen molar-refractivity contribution < 1.29 is 4.79 Å². The second kappa shape index (κ2) is 6.97. The molecule has 0 radical (unpaired) electrons. The lowest BCUT2D eigenvalue weighted by Crippen LogP contribution is -2.13. The van der Waals surface area contributed by atoms with E-state index in [4.69, 9.17) is 0 Å². The van der Waals surface area contributed by atoms with Crippen LogP contribution in [0, 0.1) is 13.8 Å². The van der Waals surface area contributed by atoms with Gasteiger partial charge in [0.25, 0.3) is 0 Å². The number of thioether (sulfide) groups is 1. The van der Waals surface area contributed by atoms with Crippen LogP contribution in [0.2, 0.25) is 0 Å². The van der Waals surface area contributed by atoms with E-state index in [1.54, 1.807) is 6.20 Å². The molecule has 0 saturated carbocycles. The van der Waals surface area contributed by atoms with E-state index in [2.05, 4.69) is 20.3 Å². The van der Waals surface area contributed by atoms with Crippen LogP contribution < -0.4 is 5.32 Å². The van der Waals surface area contributed by atoms with Crippen molar-refractivity contribution >= 4 is 34.1 Å². The number of carbonyl (C=O) groups excluding carboxylic acids is 1. The molecular weight excluding hydrogens is 328 g/mol. The fourth-order valence-electron chi connectivity index (χ4n) is 1.96. The highest BCUT2D eigenvalue weighted by Crippen LogP contribution is 2.23. The Morgan fingerprint density at radius 3 is 2.78 bits per heavy atom. The van der Waals surface area contributed by atoms with Gasteiger partial charge in [0.15, 0.2) is 10.3 Å². The monoisotopic (exact) mass is 344 g/mol. The lowest BCUT2D eigenvalue weighted by molar-refractivity contribution is -0.113. The van der Waals surface area contributed by atoms with Crippen LogP contribution in [0.5, 0.6) is 0 Å². The average Bonchev–Trinajstić information content (AvgIpc) is 3.13. The van der Waals surface area contributed by atoms with E-state index < -0.39 is 0 Å². The number of amides is 1. The van der Waals surface area contributed by atoms with Gasteiger partial charge >= 0.3 is 0 Å². The van der Waals surface area contributed by atoms with Gasteiger partial charge in [-0.2, -0.15) is 0 Å². The molecular formula is C16H16N4OS2. The predicted molar refractivity (Wildman–Crippen MR) is 95.0 cm³/mol. The molecule has 0 aliphatic carbocycles. The summed E-state index contributed by atoms with van der Waals surface area (Å²) >= 11 is 2.86. The van der Waals surface area contributed by atoms with Crippen LogP contribution in [0.25, 0.3) is 11.3 Å². The van der Waals surface area contributed by atoms with Gasteiger partial charge in [0.05, 0.1) is 23.3 Å². The molecule has 0 bridgehead atoms. The van der Waals surface area contributed by atoms with Gasteiger partial charge in [0.2, 0.25) is 5.91 Å². The van der Waals surface area contributed by atoms with Gasteiger partial charge in [0.1, 0.15) is 0 Å². The van der Waals surface area contributed by atoms with E-state index in [0.29, 0.717) is 10.9 Å². The maximum atomic E-state index is 12.0. The van der Waals surface area contributed by atoms with Crippen LogP contribution in [0.15, 0.2) is 41.7 Å². The Morgan fingerprint density at radius 1 is 1.30 bits per heavy atom. The Balaban J connectivity index is 1.56. The second-order valence-corrected chi connectivity index (χ2v) is 7.13. The lowest BCUT2D eigenvalue weighted by Gasteiger charge is -2.00. The first kappa shape index (κ1) is 15.8. The highest BCUT2D eigenvalue weighted by Gasteiger charge is 2.10. The first-order chi connectivity index (χ1) is 11.1. The molecule has 0 unspecified atom stereocenters. The van der Waals surface area contributed by atoms with E-state index in [-0.39, 0.29) is 5.91 Å². The van der Waals surface area contributed by atoms with Gasteiger partial charge in [0, 0.05) is 4.88 Å². The molecule has 1 aromatic carbocycles. The van der Waals surface area contributed by atoms with E-state index in [1.165, 1.54) is 23.1 Å². The van der Waals surface area contributed by atoms with Crippen LogP contribution in [0.4, 0.5) is 5.13 Å². The number of aromatic amines is 1. The van der Waals surface area contributed by atoms with Crippen molar-refractivity contribution in [3.63, 3.8) is 0 Å². The van der Waals surface area contributed by atoms with Crippen LogP contribution >= 0.6 is 23.1 Å². The Labute approximate surface area is 142 Å². The summed E-state index contributed by atoms with van der Waals surface area (Å²) in [5.41, 5.74) is 2.97. The van der Waals surface area contributed by atoms with Crippen molar-refractivity contribution in [1.29, 1.82) is 0 Å². The summed E-state index contributed by atoms with van der Waals surface area (Å²) in [6.45, 7) is 3.93. The predicted octanol–water partition coefficient (Wildman–Crippen LogP) is 3.88. The first-order valence-corrected chi connectivity index (χ1v) is 8.89. The van der Waals surface area contributed by atoms with Crippen LogP contribution in [0.3, 0.4) is 0 Å². The number of H-pyrrole nitrogens is 1. The van der Waals surface area contributed by atoms with Crippen molar-refractivity contribution in [2.75, 3.05) is 11.1 Å². The van der Waals surface area contributed by atoms with Crippen LogP contribution in [-0.4, -0.2) is 26.6 Å². The third-order valence-electron chi connectivity index (χ3n) is 3.25. The molecule has 0 spiro atoms. The average molecular weight is 344 g/mol. The van der Waals surface area contributed by atoms with Gasteiger partial charge in [-0.25, -0.2) is 9.97 Å². The Kier molecular flexibility index (Phi) is 4.78. The van der Waals surface area contributed by atoms with Crippen molar-refractivity contribution in [3.05, 3.63) is 47.1 Å². The van der Waals surface area contributed by atoms with Gasteiger partial charge in [-0.05, 0) is 19.4 Å². The van der Waals surface area contributed by atoms with E-state index in [1.807, 2.05) is 44.2 Å². The van der Waals surface area contributed by atoms with E-state index >= 15 is 0 Å². The number of rotatable bonds is 5. The van der Waals surface area contributed by atoms with Gasteiger partial charge in [-0.3, -0.25) is 4.79 Å². The number of aromatic nitrogens is 3. The minimum absolute atomic E-state index is 0.0820. The number of benzene rings is 1. The summed E-state index contributed by atoms with van der Waals surface area (Å²) in [6.07, 6.45) is 1.78. The van der Waals surface area contributed by atoms with Crippen molar-refractivity contribution in [2.45, 2.75) is 19.0 Å². The standard InChI is InChI=1S/C16H16N4OS2/c1-10-11(2)23-16(18-10)20-14(21)9-22-15-17-8-13(19-15)12-6-4-3-5-7-12/h3-8H,9H2,1-2H3,(H,17,19)(H,18,20,21). The summed E-state index contributed by atoms with van der Waals surface area (Å²) in [7, 11) is 0. The summed E-state index contributed by atoms with van der Waals surface area (Å²) in [6, 6.07) is 9.97. The molecule has 2 heterocycles. The largest absolute Gasteiger partial charge is 0.333 e. The summed E-state index contributed by atoms with van der Waals surface area (Å²) in [5, 5.41) is 4.19. The molecule has 0 aliphatic rings. The molecule has 1 amide bonds. The Hall–Kier alpha value is -2.12. The smallest absolute Gasteiger partial charge is 0.236 e. The normalized spacial score (nSPS) is 10.7. The number of carbonyl (C=O) groups is 1. The zero-order valence-corrected chi connectivity index (χ0v) is 14.4. The SMILES string of the molecule is Cc1nc(NC(=O)CSc2ncc(-c3ccccc3)[nH]2)sc1C. The zero-order chi connectivity index (χ0) is 16.2. The molecule has 3 aromatic rings. The fourth-order valence-corrected chi connectivity index (χ4v) is 3.44. The molecule has 7 heteroatoms. The molecule has 0 aliphatic heterocycles. The fraction of sp³-hybridized carbons (Fsp3) is 0.188. The lowest BCUT2D eigenvalue weighted by atomic mass is 10.2. The number of thiazole rings is 1. The molecule has 2 N–H and O–H groups in total. The summed E-state index contributed by atoms with van der Waals surface area (Å²) in [4.78, 5) is 24.9. The third kappa shape index (κ3) is 4.00. The summed E-state index contributed by atoms with van der Waals surface area (Å²) in [5.74, 6) is 0.209. The number of nitrogens with one attached hydrogen (secondary N) is 2. The van der Waals surface area contributed by atoms with Crippen molar-refractivity contribution in [1.82, 2.24) is 15.0 Å². The highest BCUT2D eigenvalue weighted by molar-refractivity contribution is 7.99. The minimum atomic E-state index is -0.0820. The Bertz CT molecular complexity index is 791. The summed E-state index contributed by atoms with van der Waals surface area (Å²) < 4.78 is 0. The topological polar surface area (TPSA) is 70.7 Å². The highest BCUT2D eigenvalue weighted by atomic mass is 32.2. The van der Waals surface area contributed by atoms with Crippen molar-refractivity contribution in [2.24, 2.45) is 0 Å². The maximum Gasteiger partial charge on any atom is 0.236 e. The molecule has 0 saturated heterocycles. The van der Waals surface area contributed by atoms with Gasteiger partial charge in [-0.1, -0.05) is 42.1 Å². The van der Waals surface area contributed by atoms with Gasteiger partial charge in [-0.15, -0.1) is 11.3 Å². The number of anilines is 1. The number of imidazole rings is 1. The number of aryl methyl sites for hydroxylation is 2. The molecule has 5 nitrogen and oxygen atoms in total. The molecule has 0 atom stereocenters. The number of hydrogen-bond donors (Lipinski definition) is 2. The molecule has 118 valence electrons. The van der Waals surface area contributed by atoms with E-state index in [9.17, 15) is 4.79 Å². The first-order valence-electron chi connectivity index (χ1n) is 7.09. The second-order valence-electron chi connectivity index (χ2n) is 4.97. The maximum absolute atomic E-state index is 12.0. The van der Waals surface area contributed by atoms with E-state index in [0.717, 1.165) is 27.0 Å². The number of nitrogens with zero attached hydrogens (tertiary/aromatic N) is 2. The third-order valence-corrected chi connectivity index (χ3v) is 5.13. The molecule has 2 aromatic heterocycles.